The second-order valence-electron chi connectivity index (χ2n) is 5.15. The van der Waals surface area contributed by atoms with Crippen LogP contribution < -0.4 is 5.56 Å². The van der Waals surface area contributed by atoms with E-state index in [4.69, 9.17) is 0 Å². The molecule has 24 heavy (non-hydrogen) atoms. The summed E-state index contributed by atoms with van der Waals surface area (Å²) in [5.74, 6) is -0.725. The maximum atomic E-state index is 12.9. The second kappa shape index (κ2) is 6.88. The first-order valence-corrected chi connectivity index (χ1v) is 7.95. The number of rotatable bonds is 4. The van der Waals surface area contributed by atoms with Gasteiger partial charge in [-0.05, 0) is 42.5 Å². The molecule has 4 nitrogen and oxygen atoms in total. The number of carbonyl (C=O) groups excluding carboxylic acids is 1. The molecule has 0 fully saturated rings. The Morgan fingerprint density at radius 3 is 2.33 bits per heavy atom. The molecular weight excluding hydrogens is 375 g/mol. The van der Waals surface area contributed by atoms with Gasteiger partial charge in [-0.15, -0.1) is 0 Å². The van der Waals surface area contributed by atoms with Gasteiger partial charge >= 0.3 is 0 Å². The highest BCUT2D eigenvalue weighted by molar-refractivity contribution is 9.10. The molecule has 0 saturated heterocycles. The van der Waals surface area contributed by atoms with E-state index in [0.717, 1.165) is 14.7 Å². The van der Waals surface area contributed by atoms with Gasteiger partial charge in [0.15, 0.2) is 5.78 Å². The molecule has 0 amide bonds. The van der Waals surface area contributed by atoms with Crippen molar-refractivity contribution in [3.63, 3.8) is 0 Å². The SMILES string of the molecule is O=C(Cn1nc(-c2ccc(Br)cc2)ccc1=O)c1ccc(F)cc1. The Labute approximate surface area is 145 Å². The molecule has 0 unspecified atom stereocenters. The fourth-order valence-electron chi connectivity index (χ4n) is 2.20. The highest BCUT2D eigenvalue weighted by Gasteiger charge is 2.10. The lowest BCUT2D eigenvalue weighted by molar-refractivity contribution is 0.0966. The molecule has 0 radical (unpaired) electrons. The van der Waals surface area contributed by atoms with Gasteiger partial charge < -0.3 is 0 Å². The molecule has 0 saturated carbocycles. The van der Waals surface area contributed by atoms with Crippen LogP contribution in [0, 0.1) is 5.82 Å². The minimum atomic E-state index is -0.418. The van der Waals surface area contributed by atoms with E-state index in [1.54, 1.807) is 6.07 Å². The third-order valence-electron chi connectivity index (χ3n) is 3.47. The van der Waals surface area contributed by atoms with Crippen molar-refractivity contribution in [2.45, 2.75) is 6.54 Å². The lowest BCUT2D eigenvalue weighted by Gasteiger charge is -2.07. The Kier molecular flexibility index (Phi) is 4.66. The summed E-state index contributed by atoms with van der Waals surface area (Å²) in [6.45, 7) is -0.200. The van der Waals surface area contributed by atoms with Gasteiger partial charge in [-0.2, -0.15) is 5.10 Å². The summed E-state index contributed by atoms with van der Waals surface area (Å²) in [5, 5.41) is 4.25. The molecule has 0 N–H and O–H groups in total. The minimum Gasteiger partial charge on any atom is -0.292 e. The predicted octanol–water partition coefficient (Wildman–Crippen LogP) is 3.69. The molecule has 120 valence electrons. The summed E-state index contributed by atoms with van der Waals surface area (Å²) in [7, 11) is 0. The van der Waals surface area contributed by atoms with Crippen molar-refractivity contribution in [2.75, 3.05) is 0 Å². The second-order valence-corrected chi connectivity index (χ2v) is 6.07. The Hall–Kier alpha value is -2.60. The first-order valence-electron chi connectivity index (χ1n) is 7.16. The van der Waals surface area contributed by atoms with Crippen LogP contribution >= 0.6 is 15.9 Å². The molecule has 3 rings (SSSR count). The first-order chi connectivity index (χ1) is 11.5. The lowest BCUT2D eigenvalue weighted by Crippen LogP contribution is -2.26. The maximum Gasteiger partial charge on any atom is 0.267 e. The van der Waals surface area contributed by atoms with Crippen molar-refractivity contribution in [2.24, 2.45) is 0 Å². The fourth-order valence-corrected chi connectivity index (χ4v) is 2.46. The van der Waals surface area contributed by atoms with E-state index in [0.29, 0.717) is 11.3 Å². The summed E-state index contributed by atoms with van der Waals surface area (Å²) in [6, 6.07) is 15.7. The number of benzene rings is 2. The van der Waals surface area contributed by atoms with E-state index < -0.39 is 5.82 Å². The minimum absolute atomic E-state index is 0.200. The summed E-state index contributed by atoms with van der Waals surface area (Å²) in [6.07, 6.45) is 0. The Bertz CT molecular complexity index is 934. The van der Waals surface area contributed by atoms with Crippen LogP contribution in [0.4, 0.5) is 4.39 Å². The molecule has 3 aromatic rings. The van der Waals surface area contributed by atoms with Crippen molar-refractivity contribution in [1.29, 1.82) is 0 Å². The van der Waals surface area contributed by atoms with Crippen LogP contribution in [-0.4, -0.2) is 15.6 Å². The van der Waals surface area contributed by atoms with E-state index in [1.807, 2.05) is 24.3 Å². The maximum absolute atomic E-state index is 12.9. The van der Waals surface area contributed by atoms with Crippen LogP contribution in [-0.2, 0) is 6.54 Å². The fraction of sp³-hybridized carbons (Fsp3) is 0.0556. The summed E-state index contributed by atoms with van der Waals surface area (Å²) in [5.41, 5.74) is 1.39. The molecule has 1 heterocycles. The van der Waals surface area contributed by atoms with Gasteiger partial charge in [0, 0.05) is 21.7 Å². The molecule has 0 aliphatic rings. The number of hydrogen-bond acceptors (Lipinski definition) is 3. The molecule has 0 spiro atoms. The molecule has 0 aliphatic carbocycles. The zero-order valence-corrected chi connectivity index (χ0v) is 14.0. The largest absolute Gasteiger partial charge is 0.292 e. The van der Waals surface area contributed by atoms with Crippen LogP contribution in [0.5, 0.6) is 0 Å². The number of Topliss-reactive ketones (excluding diaryl/α,β-unsaturated/α-hetero) is 1. The smallest absolute Gasteiger partial charge is 0.267 e. The zero-order chi connectivity index (χ0) is 17.1. The number of nitrogens with zero attached hydrogens (tertiary/aromatic N) is 2. The number of hydrogen-bond donors (Lipinski definition) is 0. The number of halogens is 2. The standard InChI is InChI=1S/C18H12BrFN2O2/c19-14-5-1-12(2-6-14)16-9-10-18(24)22(21-16)11-17(23)13-3-7-15(20)8-4-13/h1-10H,11H2. The summed E-state index contributed by atoms with van der Waals surface area (Å²) < 4.78 is 15.0. The van der Waals surface area contributed by atoms with Gasteiger partial charge in [0.1, 0.15) is 12.4 Å². The third-order valence-corrected chi connectivity index (χ3v) is 3.99. The molecular formula is C18H12BrFN2O2. The average molecular weight is 387 g/mol. The zero-order valence-electron chi connectivity index (χ0n) is 12.4. The van der Waals surface area contributed by atoms with Crippen molar-refractivity contribution < 1.29 is 9.18 Å². The topological polar surface area (TPSA) is 52.0 Å². The predicted molar refractivity (Wildman–Crippen MR) is 92.4 cm³/mol. The average Bonchev–Trinajstić information content (AvgIpc) is 2.58. The molecule has 0 aliphatic heterocycles. The normalized spacial score (nSPS) is 10.6. The van der Waals surface area contributed by atoms with E-state index in [2.05, 4.69) is 21.0 Å². The Morgan fingerprint density at radius 2 is 1.67 bits per heavy atom. The van der Waals surface area contributed by atoms with Crippen LogP contribution in [0.15, 0.2) is 69.9 Å². The van der Waals surface area contributed by atoms with Crippen molar-refractivity contribution in [3.8, 4) is 11.3 Å². The quantitative estimate of drug-likeness (QED) is 0.642. The molecule has 2 aromatic carbocycles. The molecule has 1 aromatic heterocycles. The van der Waals surface area contributed by atoms with Gasteiger partial charge in [-0.3, -0.25) is 9.59 Å². The Morgan fingerprint density at radius 1 is 1.00 bits per heavy atom. The number of carbonyl (C=O) groups is 1. The van der Waals surface area contributed by atoms with Crippen molar-refractivity contribution in [3.05, 3.63) is 86.9 Å². The van der Waals surface area contributed by atoms with Gasteiger partial charge in [0.25, 0.3) is 5.56 Å². The molecule has 0 bridgehead atoms. The van der Waals surface area contributed by atoms with Crippen LogP contribution in [0.1, 0.15) is 10.4 Å². The van der Waals surface area contributed by atoms with Gasteiger partial charge in [-0.25, -0.2) is 9.07 Å². The monoisotopic (exact) mass is 386 g/mol. The van der Waals surface area contributed by atoms with E-state index >= 15 is 0 Å². The number of aromatic nitrogens is 2. The van der Waals surface area contributed by atoms with Crippen LogP contribution in [0.3, 0.4) is 0 Å². The molecule has 0 atom stereocenters. The van der Waals surface area contributed by atoms with E-state index in [1.165, 1.54) is 30.3 Å². The highest BCUT2D eigenvalue weighted by atomic mass is 79.9. The van der Waals surface area contributed by atoms with E-state index in [-0.39, 0.29) is 17.9 Å². The van der Waals surface area contributed by atoms with Crippen molar-refractivity contribution in [1.82, 2.24) is 9.78 Å². The number of ketones is 1. The van der Waals surface area contributed by atoms with Gasteiger partial charge in [0.2, 0.25) is 0 Å². The van der Waals surface area contributed by atoms with Gasteiger partial charge in [0.05, 0.1) is 5.69 Å². The molecule has 6 heteroatoms. The lowest BCUT2D eigenvalue weighted by atomic mass is 10.1. The third kappa shape index (κ3) is 3.65. The van der Waals surface area contributed by atoms with Crippen LogP contribution in [0.2, 0.25) is 0 Å². The van der Waals surface area contributed by atoms with Crippen molar-refractivity contribution >= 4 is 21.7 Å². The van der Waals surface area contributed by atoms with Gasteiger partial charge in [-0.1, -0.05) is 28.1 Å². The summed E-state index contributed by atoms with van der Waals surface area (Å²) in [4.78, 5) is 24.2. The van der Waals surface area contributed by atoms with Crippen LogP contribution in [0.25, 0.3) is 11.3 Å². The first kappa shape index (κ1) is 16.3. The van der Waals surface area contributed by atoms with E-state index in [9.17, 15) is 14.0 Å². The highest BCUT2D eigenvalue weighted by Crippen LogP contribution is 2.18. The Balaban J connectivity index is 1.89. The summed E-state index contributed by atoms with van der Waals surface area (Å²) >= 11 is 3.36.